The van der Waals surface area contributed by atoms with Crippen LogP contribution < -0.4 is 0 Å². The maximum absolute atomic E-state index is 11.7. The predicted octanol–water partition coefficient (Wildman–Crippen LogP) is 3.65. The fraction of sp³-hybridized carbons (Fsp3) is 1.00. The topological polar surface area (TPSA) is 18.5 Å². The van der Waals surface area contributed by atoms with Gasteiger partial charge in [0, 0.05) is 0 Å². The summed E-state index contributed by atoms with van der Waals surface area (Å²) < 4.78 is 78.5. The van der Waals surface area contributed by atoms with Crippen molar-refractivity contribution in [2.45, 2.75) is 12.4 Å². The Morgan fingerprint density at radius 1 is 0.938 bits per heavy atom. The Labute approximate surface area is 97.0 Å². The Morgan fingerprint density at radius 2 is 1.25 bits per heavy atom. The van der Waals surface area contributed by atoms with Gasteiger partial charge in [0.25, 0.3) is 0 Å². The predicted molar refractivity (Wildman–Crippen MR) is 49.0 cm³/mol. The van der Waals surface area contributed by atoms with Gasteiger partial charge in [-0.3, -0.25) is 0 Å². The smallest absolute Gasteiger partial charge is 0.319 e. The van der Waals surface area contributed by atoms with Crippen LogP contribution in [0.3, 0.4) is 0 Å². The maximum Gasteiger partial charge on any atom is 0.412 e. The molecule has 0 aromatic carbocycles. The van der Waals surface area contributed by atoms with E-state index in [4.69, 9.17) is 11.6 Å². The first-order valence-electron chi connectivity index (χ1n) is 3.55. The molecule has 0 aliphatic rings. The van der Waals surface area contributed by atoms with Gasteiger partial charge in [-0.05, 0) is 11.8 Å². The normalized spacial score (nSPS) is 14.2. The molecule has 0 aliphatic carbocycles. The highest BCUT2D eigenvalue weighted by Crippen LogP contribution is 2.51. The number of halogens is 7. The molecule has 0 N–H and O–H groups in total. The van der Waals surface area contributed by atoms with E-state index < -0.39 is 37.7 Å². The lowest BCUT2D eigenvalue weighted by atomic mass is 10.7. The molecular formula is C5H6ClF6O2PS. The maximum atomic E-state index is 11.7. The Hall–Kier alpha value is 0.440. The summed E-state index contributed by atoms with van der Waals surface area (Å²) in [6.07, 6.45) is -9.39. The van der Waals surface area contributed by atoms with Gasteiger partial charge in [-0.1, -0.05) is 0 Å². The summed E-state index contributed by atoms with van der Waals surface area (Å²) in [7, 11) is 0. The minimum absolute atomic E-state index is 0.728. The average molecular weight is 311 g/mol. The molecule has 0 aromatic heterocycles. The minimum Gasteiger partial charge on any atom is -0.319 e. The van der Waals surface area contributed by atoms with E-state index in [2.05, 4.69) is 20.9 Å². The van der Waals surface area contributed by atoms with Crippen molar-refractivity contribution in [1.29, 1.82) is 0 Å². The fourth-order valence-corrected chi connectivity index (χ4v) is 2.08. The first-order valence-corrected chi connectivity index (χ1v) is 6.91. The summed E-state index contributed by atoms with van der Waals surface area (Å²) in [6.45, 7) is -7.30. The molecule has 0 fully saturated rings. The monoisotopic (exact) mass is 310 g/mol. The van der Waals surface area contributed by atoms with Gasteiger partial charge in [-0.25, -0.2) is 0 Å². The lowest BCUT2D eigenvalue weighted by molar-refractivity contribution is -0.162. The number of hydrogen-bond acceptors (Lipinski definition) is 3. The van der Waals surface area contributed by atoms with E-state index in [1.54, 1.807) is 0 Å². The Kier molecular flexibility index (Phi) is 6.02. The van der Waals surface area contributed by atoms with E-state index in [9.17, 15) is 26.3 Å². The van der Waals surface area contributed by atoms with Gasteiger partial charge in [0.05, 0.1) is 5.62 Å². The minimum atomic E-state index is -4.70. The highest BCUT2D eigenvalue weighted by Gasteiger charge is 2.35. The van der Waals surface area contributed by atoms with Crippen LogP contribution in [0.4, 0.5) is 26.3 Å². The van der Waals surface area contributed by atoms with Crippen LogP contribution in [-0.4, -0.2) is 31.2 Å². The molecule has 0 atom stereocenters. The van der Waals surface area contributed by atoms with Gasteiger partial charge >= 0.3 is 12.4 Å². The third kappa shape index (κ3) is 8.58. The second kappa shape index (κ2) is 5.86. The van der Waals surface area contributed by atoms with Crippen molar-refractivity contribution in [3.05, 3.63) is 0 Å². The van der Waals surface area contributed by atoms with Crippen molar-refractivity contribution < 1.29 is 35.4 Å². The zero-order valence-corrected chi connectivity index (χ0v) is 9.91. The summed E-state index contributed by atoms with van der Waals surface area (Å²) in [6, 6.07) is 0. The second-order valence-electron chi connectivity index (χ2n) is 2.51. The number of alkyl halides is 7. The Morgan fingerprint density at radius 3 is 1.44 bits per heavy atom. The summed E-state index contributed by atoms with van der Waals surface area (Å²) in [5, 5.41) is 0. The quantitative estimate of drug-likeness (QED) is 0.439. The van der Waals surface area contributed by atoms with Gasteiger partial charge in [0.1, 0.15) is 13.2 Å². The molecule has 0 bridgehead atoms. The van der Waals surface area contributed by atoms with Gasteiger partial charge < -0.3 is 9.05 Å². The third-order valence-electron chi connectivity index (χ3n) is 0.996. The molecule has 0 radical (unpaired) electrons. The summed E-state index contributed by atoms with van der Waals surface area (Å²) in [5.41, 5.74) is -0.728. The molecule has 0 aromatic rings. The van der Waals surface area contributed by atoms with Crippen molar-refractivity contribution in [3.63, 3.8) is 0 Å². The summed E-state index contributed by atoms with van der Waals surface area (Å²) in [4.78, 5) is 0. The highest BCUT2D eigenvalue weighted by atomic mass is 35.5. The van der Waals surface area contributed by atoms with Crippen molar-refractivity contribution >= 4 is 29.9 Å². The zero-order valence-electron chi connectivity index (χ0n) is 7.44. The molecule has 98 valence electrons. The van der Waals surface area contributed by atoms with Crippen molar-refractivity contribution in [2.24, 2.45) is 0 Å². The van der Waals surface area contributed by atoms with Crippen molar-refractivity contribution in [1.82, 2.24) is 0 Å². The molecule has 0 aliphatic heterocycles. The van der Waals surface area contributed by atoms with E-state index in [0.29, 0.717) is 0 Å². The Bertz CT molecular complexity index is 245. The fourth-order valence-electron chi connectivity index (χ4n) is 0.449. The van der Waals surface area contributed by atoms with Gasteiger partial charge in [0.2, 0.25) is 6.49 Å². The molecule has 0 saturated heterocycles. The zero-order chi connectivity index (χ0) is 13.0. The van der Waals surface area contributed by atoms with Crippen LogP contribution in [0.25, 0.3) is 0 Å². The first-order chi connectivity index (χ1) is 6.97. The lowest BCUT2D eigenvalue weighted by Gasteiger charge is -2.21. The largest absolute Gasteiger partial charge is 0.412 e. The molecular weight excluding hydrogens is 305 g/mol. The molecule has 16 heavy (non-hydrogen) atoms. The molecule has 0 saturated carbocycles. The molecule has 0 rings (SSSR count). The van der Waals surface area contributed by atoms with Crippen LogP contribution in [-0.2, 0) is 20.9 Å². The van der Waals surface area contributed by atoms with E-state index >= 15 is 0 Å². The third-order valence-corrected chi connectivity index (χ3v) is 4.72. The first kappa shape index (κ1) is 16.4. The summed E-state index contributed by atoms with van der Waals surface area (Å²) >= 11 is 9.50. The van der Waals surface area contributed by atoms with Gasteiger partial charge in [0.15, 0.2) is 0 Å². The Balaban J connectivity index is 4.28. The van der Waals surface area contributed by atoms with E-state index in [0.717, 1.165) is 0 Å². The van der Waals surface area contributed by atoms with E-state index in [1.807, 2.05) is 0 Å². The van der Waals surface area contributed by atoms with Crippen LogP contribution in [0.1, 0.15) is 0 Å². The molecule has 11 heteroatoms. The van der Waals surface area contributed by atoms with Crippen LogP contribution in [0, 0.1) is 0 Å². The molecule has 0 spiro atoms. The van der Waals surface area contributed by atoms with Crippen LogP contribution >= 0.6 is 18.1 Å². The standard InChI is InChI=1S/C5H6ClF6O2PS/c6-3-15(16,13-1-4(7,8)9)14-2-5(10,11)12/h1-3H2. The van der Waals surface area contributed by atoms with Crippen molar-refractivity contribution in [3.8, 4) is 0 Å². The lowest BCUT2D eigenvalue weighted by Crippen LogP contribution is -2.20. The van der Waals surface area contributed by atoms with Gasteiger partial charge in [-0.2, -0.15) is 26.3 Å². The number of rotatable bonds is 5. The average Bonchev–Trinajstić information content (AvgIpc) is 2.09. The van der Waals surface area contributed by atoms with Crippen molar-refractivity contribution in [2.75, 3.05) is 18.8 Å². The second-order valence-corrected chi connectivity index (χ2v) is 6.87. The SMILES string of the molecule is FC(F)(F)COP(=S)(CCl)OCC(F)(F)F. The number of hydrogen-bond donors (Lipinski definition) is 0. The van der Waals surface area contributed by atoms with Gasteiger partial charge in [-0.15, -0.1) is 11.6 Å². The molecule has 0 unspecified atom stereocenters. The van der Waals surface area contributed by atoms with Crippen LogP contribution in [0.2, 0.25) is 0 Å². The highest BCUT2D eigenvalue weighted by molar-refractivity contribution is 8.10. The summed E-state index contributed by atoms with van der Waals surface area (Å²) in [5.74, 6) is 0. The van der Waals surface area contributed by atoms with E-state index in [-0.39, 0.29) is 0 Å². The molecule has 2 nitrogen and oxygen atoms in total. The van der Waals surface area contributed by atoms with Crippen LogP contribution in [0.15, 0.2) is 0 Å². The van der Waals surface area contributed by atoms with Crippen LogP contribution in [0.5, 0.6) is 0 Å². The molecule has 0 heterocycles. The van der Waals surface area contributed by atoms with E-state index in [1.165, 1.54) is 0 Å². The molecule has 0 amide bonds.